The number of carbonyl (C=O) groups is 1. The first-order chi connectivity index (χ1) is 11.3. The summed E-state index contributed by atoms with van der Waals surface area (Å²) in [5, 5.41) is 3.47. The van der Waals surface area contributed by atoms with Crippen LogP contribution in [0.3, 0.4) is 0 Å². The van der Waals surface area contributed by atoms with Gasteiger partial charge in [-0.25, -0.2) is 0 Å². The van der Waals surface area contributed by atoms with E-state index in [-0.39, 0.29) is 5.91 Å². The standard InChI is InChI=1S/C20H30N2O/c23-20(22-13-7-8-14-22)16-21-15-19(17-9-3-1-4-10-17)18-11-5-2-6-12-18/h1,3-4,9-10,18-19,21H,2,5-8,11-16H2. The Labute approximate surface area is 140 Å². The average Bonchev–Trinajstić information content (AvgIpc) is 3.15. The third-order valence-corrected chi connectivity index (χ3v) is 5.55. The van der Waals surface area contributed by atoms with Crippen LogP contribution in [0.5, 0.6) is 0 Å². The number of nitrogens with one attached hydrogen (secondary N) is 1. The van der Waals surface area contributed by atoms with Crippen LogP contribution >= 0.6 is 0 Å². The van der Waals surface area contributed by atoms with Crippen molar-refractivity contribution in [1.82, 2.24) is 10.2 Å². The quantitative estimate of drug-likeness (QED) is 0.870. The van der Waals surface area contributed by atoms with Gasteiger partial charge in [0, 0.05) is 19.6 Å². The smallest absolute Gasteiger partial charge is 0.236 e. The molecular formula is C20H30N2O. The van der Waals surface area contributed by atoms with E-state index < -0.39 is 0 Å². The van der Waals surface area contributed by atoms with E-state index in [0.717, 1.165) is 25.6 Å². The molecular weight excluding hydrogens is 284 g/mol. The van der Waals surface area contributed by atoms with E-state index >= 15 is 0 Å². The Kier molecular flexibility index (Phi) is 6.09. The highest BCUT2D eigenvalue weighted by Gasteiger charge is 2.25. The topological polar surface area (TPSA) is 32.3 Å². The van der Waals surface area contributed by atoms with Gasteiger partial charge in [0.05, 0.1) is 6.54 Å². The third kappa shape index (κ3) is 4.57. The van der Waals surface area contributed by atoms with E-state index in [0.29, 0.717) is 12.5 Å². The van der Waals surface area contributed by atoms with Gasteiger partial charge in [0.2, 0.25) is 5.91 Å². The number of likely N-dealkylation sites (tertiary alicyclic amines) is 1. The van der Waals surface area contributed by atoms with Gasteiger partial charge >= 0.3 is 0 Å². The molecule has 3 heteroatoms. The van der Waals surface area contributed by atoms with Crippen LogP contribution in [0.2, 0.25) is 0 Å². The van der Waals surface area contributed by atoms with E-state index in [1.807, 2.05) is 4.90 Å². The molecule has 1 aromatic carbocycles. The van der Waals surface area contributed by atoms with E-state index in [1.165, 1.54) is 50.5 Å². The van der Waals surface area contributed by atoms with Crippen molar-refractivity contribution >= 4 is 5.91 Å². The summed E-state index contributed by atoms with van der Waals surface area (Å²) in [5.41, 5.74) is 1.43. The molecule has 2 aliphatic rings. The minimum Gasteiger partial charge on any atom is -0.342 e. The zero-order chi connectivity index (χ0) is 15.9. The van der Waals surface area contributed by atoms with Crippen molar-refractivity contribution in [3.8, 4) is 0 Å². The molecule has 1 N–H and O–H groups in total. The lowest BCUT2D eigenvalue weighted by Gasteiger charge is -2.31. The van der Waals surface area contributed by atoms with Crippen LogP contribution in [-0.2, 0) is 4.79 Å². The minimum absolute atomic E-state index is 0.276. The minimum atomic E-state index is 0.276. The number of amides is 1. The highest BCUT2D eigenvalue weighted by atomic mass is 16.2. The number of rotatable bonds is 6. The van der Waals surface area contributed by atoms with E-state index in [1.54, 1.807) is 0 Å². The molecule has 0 radical (unpaired) electrons. The van der Waals surface area contributed by atoms with Crippen molar-refractivity contribution in [2.45, 2.75) is 50.9 Å². The molecule has 0 spiro atoms. The maximum Gasteiger partial charge on any atom is 0.236 e. The summed E-state index contributed by atoms with van der Waals surface area (Å²) in [5.74, 6) is 1.58. The van der Waals surface area contributed by atoms with E-state index in [2.05, 4.69) is 35.6 Å². The molecule has 1 aliphatic heterocycles. The Morgan fingerprint density at radius 1 is 1.04 bits per heavy atom. The van der Waals surface area contributed by atoms with Crippen molar-refractivity contribution in [1.29, 1.82) is 0 Å². The normalized spacial score (nSPS) is 20.6. The molecule has 1 atom stereocenters. The molecule has 1 aliphatic carbocycles. The molecule has 3 rings (SSSR count). The van der Waals surface area contributed by atoms with E-state index in [9.17, 15) is 4.79 Å². The van der Waals surface area contributed by atoms with Gasteiger partial charge in [-0.15, -0.1) is 0 Å². The van der Waals surface area contributed by atoms with Gasteiger partial charge in [-0.05, 0) is 43.1 Å². The highest BCUT2D eigenvalue weighted by molar-refractivity contribution is 5.78. The Hall–Kier alpha value is -1.35. The lowest BCUT2D eigenvalue weighted by Crippen LogP contribution is -2.38. The van der Waals surface area contributed by atoms with Crippen molar-refractivity contribution < 1.29 is 4.79 Å². The fourth-order valence-corrected chi connectivity index (χ4v) is 4.21. The molecule has 1 saturated carbocycles. The first-order valence-electron chi connectivity index (χ1n) is 9.38. The van der Waals surface area contributed by atoms with Crippen LogP contribution in [0.1, 0.15) is 56.4 Å². The van der Waals surface area contributed by atoms with Crippen LogP contribution in [0, 0.1) is 5.92 Å². The lowest BCUT2D eigenvalue weighted by atomic mass is 9.77. The first-order valence-corrected chi connectivity index (χ1v) is 9.38. The highest BCUT2D eigenvalue weighted by Crippen LogP contribution is 2.35. The molecule has 23 heavy (non-hydrogen) atoms. The summed E-state index contributed by atoms with van der Waals surface area (Å²) in [6.07, 6.45) is 9.11. The second-order valence-corrected chi connectivity index (χ2v) is 7.13. The zero-order valence-corrected chi connectivity index (χ0v) is 14.2. The van der Waals surface area contributed by atoms with Gasteiger partial charge in [-0.1, -0.05) is 49.6 Å². The average molecular weight is 314 g/mol. The van der Waals surface area contributed by atoms with Crippen molar-refractivity contribution in [2.24, 2.45) is 5.92 Å². The molecule has 0 bridgehead atoms. The monoisotopic (exact) mass is 314 g/mol. The Balaban J connectivity index is 1.56. The third-order valence-electron chi connectivity index (χ3n) is 5.55. The fourth-order valence-electron chi connectivity index (χ4n) is 4.21. The van der Waals surface area contributed by atoms with Gasteiger partial charge in [-0.3, -0.25) is 4.79 Å². The predicted octanol–water partition coefficient (Wildman–Crippen LogP) is 3.56. The van der Waals surface area contributed by atoms with Gasteiger partial charge in [-0.2, -0.15) is 0 Å². The summed E-state index contributed by atoms with van der Waals surface area (Å²) in [7, 11) is 0. The number of carbonyl (C=O) groups excluding carboxylic acids is 1. The number of nitrogens with zero attached hydrogens (tertiary/aromatic N) is 1. The molecule has 2 fully saturated rings. The van der Waals surface area contributed by atoms with E-state index in [4.69, 9.17) is 0 Å². The largest absolute Gasteiger partial charge is 0.342 e. The lowest BCUT2D eigenvalue weighted by molar-refractivity contribution is -0.129. The molecule has 1 aromatic rings. The van der Waals surface area contributed by atoms with Crippen LogP contribution in [-0.4, -0.2) is 37.0 Å². The van der Waals surface area contributed by atoms with Gasteiger partial charge in [0.1, 0.15) is 0 Å². The van der Waals surface area contributed by atoms with Gasteiger partial charge in [0.15, 0.2) is 0 Å². The summed E-state index contributed by atoms with van der Waals surface area (Å²) in [6, 6.07) is 10.9. The second kappa shape index (κ2) is 8.49. The van der Waals surface area contributed by atoms with Crippen LogP contribution < -0.4 is 5.32 Å². The van der Waals surface area contributed by atoms with Crippen molar-refractivity contribution in [2.75, 3.05) is 26.2 Å². The van der Waals surface area contributed by atoms with Crippen molar-refractivity contribution in [3.63, 3.8) is 0 Å². The maximum atomic E-state index is 12.2. The summed E-state index contributed by atoms with van der Waals surface area (Å²) < 4.78 is 0. The Morgan fingerprint density at radius 3 is 2.43 bits per heavy atom. The molecule has 0 aromatic heterocycles. The Morgan fingerprint density at radius 2 is 1.74 bits per heavy atom. The van der Waals surface area contributed by atoms with Crippen molar-refractivity contribution in [3.05, 3.63) is 35.9 Å². The SMILES string of the molecule is O=C(CNCC(c1ccccc1)C1CCCCC1)N1CCCC1. The van der Waals surface area contributed by atoms with Gasteiger partial charge < -0.3 is 10.2 Å². The molecule has 126 valence electrons. The van der Waals surface area contributed by atoms with Crippen LogP contribution in [0.25, 0.3) is 0 Å². The molecule has 1 unspecified atom stereocenters. The number of benzene rings is 1. The number of hydrogen-bond donors (Lipinski definition) is 1. The molecule has 3 nitrogen and oxygen atoms in total. The second-order valence-electron chi connectivity index (χ2n) is 7.13. The zero-order valence-electron chi connectivity index (χ0n) is 14.2. The maximum absolute atomic E-state index is 12.2. The van der Waals surface area contributed by atoms with Crippen LogP contribution in [0.4, 0.5) is 0 Å². The predicted molar refractivity (Wildman–Crippen MR) is 94.4 cm³/mol. The molecule has 1 heterocycles. The molecule has 1 saturated heterocycles. The first kappa shape index (κ1) is 16.5. The summed E-state index contributed by atoms with van der Waals surface area (Å²) >= 11 is 0. The van der Waals surface area contributed by atoms with Crippen LogP contribution in [0.15, 0.2) is 30.3 Å². The summed E-state index contributed by atoms with van der Waals surface area (Å²) in [4.78, 5) is 14.2. The Bertz CT molecular complexity index is 476. The summed E-state index contributed by atoms with van der Waals surface area (Å²) in [6.45, 7) is 3.32. The van der Waals surface area contributed by atoms with Gasteiger partial charge in [0.25, 0.3) is 0 Å². The fraction of sp³-hybridized carbons (Fsp3) is 0.650. The number of hydrogen-bond acceptors (Lipinski definition) is 2. The molecule has 1 amide bonds.